The predicted molar refractivity (Wildman–Crippen MR) is 83.3 cm³/mol. The highest BCUT2D eigenvalue weighted by Gasteiger charge is 2.07. The first-order chi connectivity index (χ1) is 8.72. The molecule has 0 bridgehead atoms. The number of rotatable bonds is 2. The van der Waals surface area contributed by atoms with Crippen LogP contribution in [0, 0.1) is 6.92 Å². The molecule has 0 aliphatic rings. The molecular weight excluding hydrogens is 326 g/mol. The minimum Gasteiger partial charge on any atom is -0.235 e. The van der Waals surface area contributed by atoms with Crippen LogP contribution in [0.25, 0.3) is 21.1 Å². The average Bonchev–Trinajstić information content (AvgIpc) is 2.98. The molecule has 0 unspecified atom stereocenters. The number of thiophene rings is 1. The Morgan fingerprint density at radius 1 is 1.06 bits per heavy atom. The van der Waals surface area contributed by atoms with Gasteiger partial charge in [0.2, 0.25) is 0 Å². The molecule has 0 saturated carbocycles. The molecule has 90 valence electrons. The van der Waals surface area contributed by atoms with Gasteiger partial charge in [0, 0.05) is 20.3 Å². The van der Waals surface area contributed by atoms with Crippen molar-refractivity contribution in [2.45, 2.75) is 6.92 Å². The molecule has 0 atom stereocenters. The minimum atomic E-state index is 1.07. The summed E-state index contributed by atoms with van der Waals surface area (Å²) >= 11 is 6.93. The van der Waals surface area contributed by atoms with E-state index < -0.39 is 0 Å². The van der Waals surface area contributed by atoms with Gasteiger partial charge in [0.25, 0.3) is 0 Å². The molecule has 0 N–H and O–H groups in total. The Morgan fingerprint density at radius 2 is 1.83 bits per heavy atom. The predicted octanol–water partition coefficient (Wildman–Crippen LogP) is 5.61. The summed E-state index contributed by atoms with van der Waals surface area (Å²) in [6, 6.07) is 12.6. The van der Waals surface area contributed by atoms with E-state index in [9.17, 15) is 0 Å². The van der Waals surface area contributed by atoms with Crippen LogP contribution in [-0.4, -0.2) is 4.98 Å². The quantitative estimate of drug-likeness (QED) is 0.593. The zero-order valence-corrected chi connectivity index (χ0v) is 12.9. The first-order valence-electron chi connectivity index (χ1n) is 5.50. The van der Waals surface area contributed by atoms with Crippen molar-refractivity contribution in [3.05, 3.63) is 51.1 Å². The zero-order valence-electron chi connectivity index (χ0n) is 9.68. The van der Waals surface area contributed by atoms with E-state index in [-0.39, 0.29) is 0 Å². The van der Waals surface area contributed by atoms with Crippen molar-refractivity contribution in [2.24, 2.45) is 0 Å². The van der Waals surface area contributed by atoms with Crippen LogP contribution in [0.4, 0.5) is 0 Å². The smallest absolute Gasteiger partial charge is 0.124 e. The van der Waals surface area contributed by atoms with E-state index in [0.29, 0.717) is 0 Å². The Hall–Kier alpha value is -0.970. The molecule has 0 saturated heterocycles. The van der Waals surface area contributed by atoms with Gasteiger partial charge in [0.1, 0.15) is 5.01 Å². The van der Waals surface area contributed by atoms with Gasteiger partial charge < -0.3 is 0 Å². The van der Waals surface area contributed by atoms with E-state index in [2.05, 4.69) is 52.5 Å². The summed E-state index contributed by atoms with van der Waals surface area (Å²) in [5, 5.41) is 3.20. The van der Waals surface area contributed by atoms with Crippen LogP contribution in [0.15, 0.2) is 46.3 Å². The Balaban J connectivity index is 1.96. The highest BCUT2D eigenvalue weighted by atomic mass is 79.9. The van der Waals surface area contributed by atoms with Gasteiger partial charge >= 0.3 is 0 Å². The lowest BCUT2D eigenvalue weighted by atomic mass is 10.2. The topological polar surface area (TPSA) is 12.9 Å². The molecule has 18 heavy (non-hydrogen) atoms. The van der Waals surface area contributed by atoms with Gasteiger partial charge in [-0.3, -0.25) is 0 Å². The summed E-state index contributed by atoms with van der Waals surface area (Å²) in [6.45, 7) is 2.12. The molecule has 0 fully saturated rings. The maximum Gasteiger partial charge on any atom is 0.124 e. The van der Waals surface area contributed by atoms with Crippen molar-refractivity contribution in [3.63, 3.8) is 0 Å². The van der Waals surface area contributed by atoms with Crippen molar-refractivity contribution in [1.29, 1.82) is 0 Å². The number of benzene rings is 1. The molecule has 0 spiro atoms. The van der Waals surface area contributed by atoms with Gasteiger partial charge in [-0.2, -0.15) is 0 Å². The van der Waals surface area contributed by atoms with E-state index in [0.717, 1.165) is 15.2 Å². The van der Waals surface area contributed by atoms with Crippen molar-refractivity contribution >= 4 is 38.6 Å². The molecule has 2 aromatic heterocycles. The second-order valence-corrected chi connectivity index (χ2v) is 7.02. The molecule has 4 heteroatoms. The van der Waals surface area contributed by atoms with Crippen molar-refractivity contribution < 1.29 is 0 Å². The van der Waals surface area contributed by atoms with Crippen LogP contribution >= 0.6 is 38.6 Å². The maximum absolute atomic E-state index is 4.71. The third kappa shape index (κ3) is 2.41. The lowest BCUT2D eigenvalue weighted by Gasteiger charge is -1.95. The molecule has 3 aromatic rings. The molecule has 2 heterocycles. The van der Waals surface area contributed by atoms with Gasteiger partial charge in [-0.1, -0.05) is 28.1 Å². The summed E-state index contributed by atoms with van der Waals surface area (Å²) in [7, 11) is 0. The zero-order chi connectivity index (χ0) is 12.5. The third-order valence-electron chi connectivity index (χ3n) is 2.59. The van der Waals surface area contributed by atoms with E-state index in [1.54, 1.807) is 22.7 Å². The fourth-order valence-corrected chi connectivity index (χ4v) is 3.68. The number of aryl methyl sites for hydroxylation is 1. The fourth-order valence-electron chi connectivity index (χ4n) is 1.68. The molecule has 3 rings (SSSR count). The van der Waals surface area contributed by atoms with Crippen LogP contribution in [-0.2, 0) is 0 Å². The van der Waals surface area contributed by atoms with Gasteiger partial charge in [0.05, 0.1) is 10.6 Å². The standard InChI is InChI=1S/C14H10BrNS2/c1-9-2-7-13(18-9)12-8-17-14(16-12)10-3-5-11(15)6-4-10/h2-8H,1H3. The first kappa shape index (κ1) is 12.1. The first-order valence-corrected chi connectivity index (χ1v) is 7.99. The van der Waals surface area contributed by atoms with E-state index in [1.807, 2.05) is 12.1 Å². The van der Waals surface area contributed by atoms with Crippen molar-refractivity contribution in [1.82, 2.24) is 4.98 Å². The third-order valence-corrected chi connectivity index (χ3v) is 5.03. The number of halogens is 1. The van der Waals surface area contributed by atoms with Gasteiger partial charge in [0.15, 0.2) is 0 Å². The Labute approximate surface area is 122 Å². The van der Waals surface area contributed by atoms with Crippen LogP contribution in [0.3, 0.4) is 0 Å². The Morgan fingerprint density at radius 3 is 2.50 bits per heavy atom. The molecule has 1 nitrogen and oxygen atoms in total. The number of hydrogen-bond acceptors (Lipinski definition) is 3. The summed E-state index contributed by atoms with van der Waals surface area (Å²) in [6.07, 6.45) is 0. The Bertz CT molecular complexity index is 667. The second-order valence-electron chi connectivity index (χ2n) is 3.96. The number of aromatic nitrogens is 1. The maximum atomic E-state index is 4.71. The number of thiazole rings is 1. The summed E-state index contributed by atoms with van der Waals surface area (Å²) < 4.78 is 1.09. The van der Waals surface area contributed by atoms with Crippen LogP contribution < -0.4 is 0 Å². The van der Waals surface area contributed by atoms with Crippen molar-refractivity contribution in [2.75, 3.05) is 0 Å². The minimum absolute atomic E-state index is 1.07. The second kappa shape index (κ2) is 4.96. The highest BCUT2D eigenvalue weighted by Crippen LogP contribution is 2.32. The number of nitrogens with zero attached hydrogens (tertiary/aromatic N) is 1. The van der Waals surface area contributed by atoms with Gasteiger partial charge in [-0.15, -0.1) is 22.7 Å². The van der Waals surface area contributed by atoms with E-state index in [1.165, 1.54) is 15.3 Å². The average molecular weight is 336 g/mol. The van der Waals surface area contributed by atoms with E-state index >= 15 is 0 Å². The summed E-state index contributed by atoms with van der Waals surface area (Å²) in [5.41, 5.74) is 2.25. The van der Waals surface area contributed by atoms with Crippen LogP contribution in [0.2, 0.25) is 0 Å². The SMILES string of the molecule is Cc1ccc(-c2csc(-c3ccc(Br)cc3)n2)s1. The van der Waals surface area contributed by atoms with Gasteiger partial charge in [-0.25, -0.2) is 4.98 Å². The lowest BCUT2D eigenvalue weighted by Crippen LogP contribution is -1.76. The molecule has 0 radical (unpaired) electrons. The van der Waals surface area contributed by atoms with E-state index in [4.69, 9.17) is 4.98 Å². The summed E-state index contributed by atoms with van der Waals surface area (Å²) in [5.74, 6) is 0. The summed E-state index contributed by atoms with van der Waals surface area (Å²) in [4.78, 5) is 7.27. The Kier molecular flexibility index (Phi) is 3.33. The molecule has 1 aromatic carbocycles. The van der Waals surface area contributed by atoms with Gasteiger partial charge in [-0.05, 0) is 31.2 Å². The highest BCUT2D eigenvalue weighted by molar-refractivity contribution is 9.10. The monoisotopic (exact) mass is 335 g/mol. The number of hydrogen-bond donors (Lipinski definition) is 0. The van der Waals surface area contributed by atoms with Crippen LogP contribution in [0.5, 0.6) is 0 Å². The normalized spacial score (nSPS) is 10.8. The molecule has 0 amide bonds. The lowest BCUT2D eigenvalue weighted by molar-refractivity contribution is 1.42. The largest absolute Gasteiger partial charge is 0.235 e. The molecular formula is C14H10BrNS2. The fraction of sp³-hybridized carbons (Fsp3) is 0.0714. The molecule has 0 aliphatic carbocycles. The van der Waals surface area contributed by atoms with Crippen molar-refractivity contribution in [3.8, 4) is 21.1 Å². The molecule has 0 aliphatic heterocycles. The van der Waals surface area contributed by atoms with Crippen LogP contribution in [0.1, 0.15) is 4.88 Å².